The van der Waals surface area contributed by atoms with Crippen LogP contribution in [0.4, 0.5) is 0 Å². The van der Waals surface area contributed by atoms with Gasteiger partial charge in [0.1, 0.15) is 0 Å². The first-order valence-corrected chi connectivity index (χ1v) is 9.30. The second-order valence-electron chi connectivity index (χ2n) is 9.32. The molecule has 0 unspecified atom stereocenters. The Labute approximate surface area is 129 Å². The molecule has 2 N–H and O–H groups in total. The highest BCUT2D eigenvalue weighted by Gasteiger charge is 2.60. The lowest BCUT2D eigenvalue weighted by Crippen LogP contribution is -2.58. The van der Waals surface area contributed by atoms with Crippen molar-refractivity contribution in [1.82, 2.24) is 0 Å². The molecular weight excluding hydrogens is 260 g/mol. The van der Waals surface area contributed by atoms with Gasteiger partial charge < -0.3 is 10.2 Å². The lowest BCUT2D eigenvalue weighted by Gasteiger charge is -2.61. The van der Waals surface area contributed by atoms with Crippen molar-refractivity contribution in [3.8, 4) is 0 Å². The van der Waals surface area contributed by atoms with E-state index in [-0.39, 0.29) is 17.6 Å². The van der Waals surface area contributed by atoms with Gasteiger partial charge in [-0.3, -0.25) is 0 Å². The van der Waals surface area contributed by atoms with Crippen LogP contribution in [0.15, 0.2) is 0 Å². The van der Waals surface area contributed by atoms with Gasteiger partial charge in [0.05, 0.1) is 12.2 Å². The van der Waals surface area contributed by atoms with Crippen LogP contribution in [0.25, 0.3) is 0 Å². The topological polar surface area (TPSA) is 40.5 Å². The first kappa shape index (κ1) is 14.5. The van der Waals surface area contributed by atoms with Gasteiger partial charge in [-0.05, 0) is 85.9 Å². The Morgan fingerprint density at radius 3 is 2.57 bits per heavy atom. The summed E-state index contributed by atoms with van der Waals surface area (Å²) in [4.78, 5) is 0. The average Bonchev–Trinajstić information content (AvgIpc) is 2.80. The number of aliphatic hydroxyl groups is 2. The second-order valence-corrected chi connectivity index (χ2v) is 9.32. The Balaban J connectivity index is 1.67. The van der Waals surface area contributed by atoms with E-state index in [1.807, 2.05) is 0 Å². The SMILES string of the molecule is C[C@@]12CCC[C@H]1[C@@H]1CC[C@H]3C[C@H](O)CC[C@]3(C)[C@H]1[C@H](O)C2. The smallest absolute Gasteiger partial charge is 0.0581 e. The zero-order valence-corrected chi connectivity index (χ0v) is 13.7. The third kappa shape index (κ3) is 1.97. The molecule has 0 aromatic rings. The van der Waals surface area contributed by atoms with Crippen molar-refractivity contribution in [2.75, 3.05) is 0 Å². The van der Waals surface area contributed by atoms with Crippen LogP contribution in [0.2, 0.25) is 0 Å². The fourth-order valence-electron chi connectivity index (χ4n) is 7.37. The average molecular weight is 292 g/mol. The molecule has 0 aromatic carbocycles. The van der Waals surface area contributed by atoms with Crippen molar-refractivity contribution in [2.45, 2.75) is 83.8 Å². The van der Waals surface area contributed by atoms with Gasteiger partial charge in [-0.2, -0.15) is 0 Å². The van der Waals surface area contributed by atoms with E-state index < -0.39 is 0 Å². The molecule has 4 saturated carbocycles. The van der Waals surface area contributed by atoms with E-state index in [0.717, 1.165) is 37.5 Å². The summed E-state index contributed by atoms with van der Waals surface area (Å²) in [6.07, 6.45) is 10.6. The first-order chi connectivity index (χ1) is 9.94. The standard InChI is InChI=1S/C19H32O2/c1-18-8-3-4-15(18)14-6-5-12-10-13(20)7-9-19(12,2)17(14)16(21)11-18/h12-17,20-21H,3-11H2,1-2H3/t12-,13+,14-,15-,16+,17+,18-,19-/m0/s1. The summed E-state index contributed by atoms with van der Waals surface area (Å²) < 4.78 is 0. The lowest BCUT2D eigenvalue weighted by molar-refractivity contribution is -0.171. The molecule has 4 aliphatic rings. The lowest BCUT2D eigenvalue weighted by atomic mass is 9.44. The van der Waals surface area contributed by atoms with E-state index in [1.165, 1.54) is 32.1 Å². The molecule has 0 aromatic heterocycles. The normalized spacial score (nSPS) is 60.0. The molecule has 0 saturated heterocycles. The molecule has 4 fully saturated rings. The van der Waals surface area contributed by atoms with E-state index in [0.29, 0.717) is 17.3 Å². The van der Waals surface area contributed by atoms with Crippen molar-refractivity contribution >= 4 is 0 Å². The van der Waals surface area contributed by atoms with E-state index >= 15 is 0 Å². The molecule has 2 nitrogen and oxygen atoms in total. The van der Waals surface area contributed by atoms with Gasteiger partial charge in [-0.15, -0.1) is 0 Å². The van der Waals surface area contributed by atoms with Crippen molar-refractivity contribution in [3.63, 3.8) is 0 Å². The molecule has 0 bridgehead atoms. The van der Waals surface area contributed by atoms with E-state index in [1.54, 1.807) is 0 Å². The van der Waals surface area contributed by atoms with Crippen LogP contribution in [-0.4, -0.2) is 22.4 Å². The van der Waals surface area contributed by atoms with Gasteiger partial charge in [0.15, 0.2) is 0 Å². The maximum Gasteiger partial charge on any atom is 0.0581 e. The molecule has 0 radical (unpaired) electrons. The molecule has 8 atom stereocenters. The van der Waals surface area contributed by atoms with Crippen LogP contribution < -0.4 is 0 Å². The van der Waals surface area contributed by atoms with Crippen LogP contribution in [0.1, 0.15) is 71.6 Å². The van der Waals surface area contributed by atoms with Gasteiger partial charge in [-0.1, -0.05) is 20.3 Å². The monoisotopic (exact) mass is 292 g/mol. The molecule has 0 heterocycles. The number of fused-ring (bicyclic) bond motifs is 5. The Kier molecular flexibility index (Phi) is 3.25. The van der Waals surface area contributed by atoms with Crippen LogP contribution in [0.5, 0.6) is 0 Å². The van der Waals surface area contributed by atoms with E-state index in [4.69, 9.17) is 0 Å². The van der Waals surface area contributed by atoms with Crippen molar-refractivity contribution in [1.29, 1.82) is 0 Å². The Morgan fingerprint density at radius 1 is 0.952 bits per heavy atom. The minimum absolute atomic E-state index is 0.0860. The number of hydrogen-bond donors (Lipinski definition) is 2. The quantitative estimate of drug-likeness (QED) is 0.714. The minimum Gasteiger partial charge on any atom is -0.393 e. The summed E-state index contributed by atoms with van der Waals surface area (Å²) in [5.41, 5.74) is 0.698. The largest absolute Gasteiger partial charge is 0.393 e. The highest BCUT2D eigenvalue weighted by atomic mass is 16.3. The Hall–Kier alpha value is -0.0800. The number of rotatable bonds is 0. The molecular formula is C19H32O2. The first-order valence-electron chi connectivity index (χ1n) is 9.30. The van der Waals surface area contributed by atoms with Crippen molar-refractivity contribution in [2.24, 2.45) is 34.5 Å². The predicted octanol–water partition coefficient (Wildman–Crippen LogP) is 3.75. The van der Waals surface area contributed by atoms with Gasteiger partial charge in [0.2, 0.25) is 0 Å². The maximum atomic E-state index is 11.0. The van der Waals surface area contributed by atoms with Crippen LogP contribution >= 0.6 is 0 Å². The summed E-state index contributed by atoms with van der Waals surface area (Å²) in [5.74, 6) is 2.75. The van der Waals surface area contributed by atoms with Crippen LogP contribution in [0, 0.1) is 34.5 Å². The van der Waals surface area contributed by atoms with Crippen molar-refractivity contribution < 1.29 is 10.2 Å². The summed E-state index contributed by atoms with van der Waals surface area (Å²) in [6.45, 7) is 4.89. The maximum absolute atomic E-state index is 11.0. The van der Waals surface area contributed by atoms with Crippen LogP contribution in [0.3, 0.4) is 0 Å². The van der Waals surface area contributed by atoms with Gasteiger partial charge >= 0.3 is 0 Å². The molecule has 2 heteroatoms. The second kappa shape index (κ2) is 4.71. The number of aliphatic hydroxyl groups excluding tert-OH is 2. The fourth-order valence-corrected chi connectivity index (χ4v) is 7.37. The molecule has 0 amide bonds. The van der Waals surface area contributed by atoms with E-state index in [2.05, 4.69) is 13.8 Å². The molecule has 0 spiro atoms. The Bertz CT molecular complexity index is 422. The van der Waals surface area contributed by atoms with Gasteiger partial charge in [0.25, 0.3) is 0 Å². The molecule has 21 heavy (non-hydrogen) atoms. The van der Waals surface area contributed by atoms with E-state index in [9.17, 15) is 10.2 Å². The summed E-state index contributed by atoms with van der Waals surface area (Å²) in [6, 6.07) is 0. The fraction of sp³-hybridized carbons (Fsp3) is 1.00. The van der Waals surface area contributed by atoms with Gasteiger partial charge in [0, 0.05) is 0 Å². The third-order valence-electron chi connectivity index (χ3n) is 8.34. The zero-order valence-electron chi connectivity index (χ0n) is 13.7. The third-order valence-corrected chi connectivity index (χ3v) is 8.34. The highest BCUT2D eigenvalue weighted by Crippen LogP contribution is 2.66. The molecule has 4 rings (SSSR count). The molecule has 120 valence electrons. The zero-order chi connectivity index (χ0) is 14.8. The van der Waals surface area contributed by atoms with Crippen molar-refractivity contribution in [3.05, 3.63) is 0 Å². The number of hydrogen-bond acceptors (Lipinski definition) is 2. The summed E-state index contributed by atoms with van der Waals surface area (Å²) >= 11 is 0. The van der Waals surface area contributed by atoms with Gasteiger partial charge in [-0.25, -0.2) is 0 Å². The summed E-state index contributed by atoms with van der Waals surface area (Å²) in [7, 11) is 0. The minimum atomic E-state index is -0.0996. The molecule has 0 aliphatic heterocycles. The van der Waals surface area contributed by atoms with Crippen LogP contribution in [-0.2, 0) is 0 Å². The summed E-state index contributed by atoms with van der Waals surface area (Å²) in [5, 5.41) is 21.1. The predicted molar refractivity (Wildman–Crippen MR) is 83.7 cm³/mol. The Morgan fingerprint density at radius 2 is 1.76 bits per heavy atom. The molecule has 4 aliphatic carbocycles. The highest BCUT2D eigenvalue weighted by molar-refractivity contribution is 5.10.